The molecule has 1 aromatic rings. The van der Waals surface area contributed by atoms with E-state index in [2.05, 4.69) is 22.3 Å². The smallest absolute Gasteiger partial charge is 0.222 e. The first-order valence-corrected chi connectivity index (χ1v) is 6.63. The second-order valence-electron chi connectivity index (χ2n) is 4.12. The minimum Gasteiger partial charge on any atom is -0.368 e. The zero-order valence-corrected chi connectivity index (χ0v) is 10.4. The van der Waals surface area contributed by atoms with E-state index < -0.39 is 0 Å². The monoisotopic (exact) mass is 238 g/mol. The van der Waals surface area contributed by atoms with E-state index in [-0.39, 0.29) is 0 Å². The maximum atomic E-state index is 5.66. The molecule has 0 saturated carbocycles. The molecule has 0 bridgehead atoms. The number of allylic oxidation sites excluding steroid dienone is 1. The zero-order valence-electron chi connectivity index (χ0n) is 9.59. The molecule has 1 heterocycles. The highest BCUT2D eigenvalue weighted by Crippen LogP contribution is 2.28. The number of hydrogen-bond donors (Lipinski definition) is 1. The highest BCUT2D eigenvalue weighted by atomic mass is 32.2. The Bertz CT molecular complexity index is 372. The molecule has 5 heteroatoms. The van der Waals surface area contributed by atoms with Gasteiger partial charge in [0.05, 0.1) is 0 Å². The molecule has 1 aliphatic rings. The van der Waals surface area contributed by atoms with Crippen molar-refractivity contribution >= 4 is 17.7 Å². The molecule has 88 valence electrons. The lowest BCUT2D eigenvalue weighted by molar-refractivity contribution is 0.642. The maximum Gasteiger partial charge on any atom is 0.222 e. The summed E-state index contributed by atoms with van der Waals surface area (Å²) < 4.78 is 1.84. The third-order valence-corrected chi connectivity index (χ3v) is 4.10. The average Bonchev–Trinajstić information content (AvgIpc) is 2.53. The van der Waals surface area contributed by atoms with Crippen LogP contribution in [0.5, 0.6) is 0 Å². The molecule has 1 atom stereocenters. The molecule has 0 fully saturated rings. The van der Waals surface area contributed by atoms with Crippen molar-refractivity contribution in [1.29, 1.82) is 0 Å². The summed E-state index contributed by atoms with van der Waals surface area (Å²) in [5, 5.41) is 9.38. The van der Waals surface area contributed by atoms with Gasteiger partial charge >= 0.3 is 0 Å². The molecule has 16 heavy (non-hydrogen) atoms. The first-order valence-electron chi connectivity index (χ1n) is 5.75. The molecular weight excluding hydrogens is 220 g/mol. The number of thioether (sulfide) groups is 1. The Labute approximate surface area is 100 Å². The van der Waals surface area contributed by atoms with Crippen LogP contribution in [0.2, 0.25) is 0 Å². The molecule has 0 radical (unpaired) electrons. The van der Waals surface area contributed by atoms with Gasteiger partial charge in [-0.25, -0.2) is 0 Å². The van der Waals surface area contributed by atoms with Crippen molar-refractivity contribution < 1.29 is 0 Å². The second-order valence-corrected chi connectivity index (χ2v) is 5.33. The molecule has 0 spiro atoms. The summed E-state index contributed by atoms with van der Waals surface area (Å²) in [6, 6.07) is 0. The van der Waals surface area contributed by atoms with Gasteiger partial charge in [0.25, 0.3) is 0 Å². The van der Waals surface area contributed by atoms with Crippen LogP contribution in [-0.4, -0.2) is 20.0 Å². The van der Waals surface area contributed by atoms with Crippen molar-refractivity contribution in [2.75, 3.05) is 5.73 Å². The van der Waals surface area contributed by atoms with Crippen LogP contribution >= 0.6 is 11.8 Å². The van der Waals surface area contributed by atoms with E-state index in [1.807, 2.05) is 11.6 Å². The Balaban J connectivity index is 2.02. The lowest BCUT2D eigenvalue weighted by Crippen LogP contribution is -2.04. The molecule has 0 saturated heterocycles. The SMILES string of the molecule is Cn1c(N)nnc1SC1C=CCCCCC1. The van der Waals surface area contributed by atoms with Gasteiger partial charge in [-0.1, -0.05) is 36.8 Å². The van der Waals surface area contributed by atoms with Gasteiger partial charge in [0.1, 0.15) is 0 Å². The average molecular weight is 238 g/mol. The van der Waals surface area contributed by atoms with Gasteiger partial charge in [-0.3, -0.25) is 4.57 Å². The normalized spacial score (nSPS) is 21.7. The predicted octanol–water partition coefficient (Wildman–Crippen LogP) is 2.38. The third kappa shape index (κ3) is 2.78. The van der Waals surface area contributed by atoms with E-state index in [1.165, 1.54) is 32.1 Å². The summed E-state index contributed by atoms with van der Waals surface area (Å²) in [5.74, 6) is 0.484. The molecular formula is C11H18N4S. The van der Waals surface area contributed by atoms with Crippen molar-refractivity contribution in [3.8, 4) is 0 Å². The van der Waals surface area contributed by atoms with Gasteiger partial charge in [-0.05, 0) is 19.3 Å². The van der Waals surface area contributed by atoms with Crippen LogP contribution in [0.4, 0.5) is 5.95 Å². The quantitative estimate of drug-likeness (QED) is 0.804. The summed E-state index contributed by atoms with van der Waals surface area (Å²) in [6.07, 6.45) is 11.0. The minimum absolute atomic E-state index is 0.484. The first kappa shape index (κ1) is 11.5. The van der Waals surface area contributed by atoms with Gasteiger partial charge in [-0.2, -0.15) is 0 Å². The zero-order chi connectivity index (χ0) is 11.4. The summed E-state index contributed by atoms with van der Waals surface area (Å²) in [4.78, 5) is 0. The number of hydrogen-bond acceptors (Lipinski definition) is 4. The Kier molecular flexibility index (Phi) is 3.88. The van der Waals surface area contributed by atoms with E-state index in [9.17, 15) is 0 Å². The molecule has 2 N–H and O–H groups in total. The van der Waals surface area contributed by atoms with Gasteiger partial charge in [0, 0.05) is 12.3 Å². The van der Waals surface area contributed by atoms with Gasteiger partial charge in [0.2, 0.25) is 5.95 Å². The van der Waals surface area contributed by atoms with Gasteiger partial charge in [0.15, 0.2) is 5.16 Å². The van der Waals surface area contributed by atoms with Crippen molar-refractivity contribution in [2.24, 2.45) is 7.05 Å². The highest BCUT2D eigenvalue weighted by Gasteiger charge is 2.13. The Morgan fingerprint density at radius 3 is 3.00 bits per heavy atom. The number of nitrogens with zero attached hydrogens (tertiary/aromatic N) is 3. The van der Waals surface area contributed by atoms with Crippen molar-refractivity contribution in [3.05, 3.63) is 12.2 Å². The fraction of sp³-hybridized carbons (Fsp3) is 0.636. The fourth-order valence-corrected chi connectivity index (χ4v) is 2.88. The number of nitrogen functional groups attached to an aromatic ring is 1. The maximum absolute atomic E-state index is 5.66. The highest BCUT2D eigenvalue weighted by molar-refractivity contribution is 7.99. The molecule has 0 aliphatic heterocycles. The van der Waals surface area contributed by atoms with Crippen LogP contribution < -0.4 is 5.73 Å². The van der Waals surface area contributed by atoms with Crippen molar-refractivity contribution in [3.63, 3.8) is 0 Å². The second kappa shape index (κ2) is 5.39. The molecule has 0 amide bonds. The standard InChI is InChI=1S/C11H18N4S/c1-15-10(12)13-14-11(15)16-9-7-5-3-2-4-6-8-9/h5,7,9H,2-4,6,8H2,1H3,(H2,12,13). The molecule has 0 aromatic carbocycles. The summed E-state index contributed by atoms with van der Waals surface area (Å²) in [7, 11) is 1.91. The topological polar surface area (TPSA) is 56.7 Å². The van der Waals surface area contributed by atoms with E-state index in [4.69, 9.17) is 5.73 Å². The Morgan fingerprint density at radius 1 is 1.38 bits per heavy atom. The fourth-order valence-electron chi connectivity index (χ4n) is 1.79. The van der Waals surface area contributed by atoms with Crippen molar-refractivity contribution in [1.82, 2.24) is 14.8 Å². The largest absolute Gasteiger partial charge is 0.368 e. The predicted molar refractivity (Wildman–Crippen MR) is 67.3 cm³/mol. The van der Waals surface area contributed by atoms with E-state index in [0.29, 0.717) is 11.2 Å². The lowest BCUT2D eigenvalue weighted by atomic mass is 10.1. The van der Waals surface area contributed by atoms with Crippen LogP contribution in [-0.2, 0) is 7.05 Å². The van der Waals surface area contributed by atoms with Crippen LogP contribution in [0.25, 0.3) is 0 Å². The number of aromatic nitrogens is 3. The summed E-state index contributed by atoms with van der Waals surface area (Å²) in [6.45, 7) is 0. The molecule has 4 nitrogen and oxygen atoms in total. The van der Waals surface area contributed by atoms with E-state index >= 15 is 0 Å². The number of nitrogens with two attached hydrogens (primary N) is 1. The van der Waals surface area contributed by atoms with Crippen LogP contribution in [0, 0.1) is 0 Å². The van der Waals surface area contributed by atoms with E-state index in [0.717, 1.165) is 5.16 Å². The molecule has 1 unspecified atom stereocenters. The van der Waals surface area contributed by atoms with Crippen LogP contribution in [0.3, 0.4) is 0 Å². The molecule has 1 aromatic heterocycles. The van der Waals surface area contributed by atoms with Crippen LogP contribution in [0.15, 0.2) is 17.3 Å². The number of rotatable bonds is 2. The minimum atomic E-state index is 0.484. The molecule has 1 aliphatic carbocycles. The lowest BCUT2D eigenvalue weighted by Gasteiger charge is -2.13. The molecule has 2 rings (SSSR count). The summed E-state index contributed by atoms with van der Waals surface area (Å²) >= 11 is 1.76. The van der Waals surface area contributed by atoms with Crippen LogP contribution in [0.1, 0.15) is 32.1 Å². The summed E-state index contributed by atoms with van der Waals surface area (Å²) in [5.41, 5.74) is 5.66. The first-order chi connectivity index (χ1) is 7.77. The van der Waals surface area contributed by atoms with Gasteiger partial charge in [-0.15, -0.1) is 10.2 Å². The Morgan fingerprint density at radius 2 is 2.25 bits per heavy atom. The van der Waals surface area contributed by atoms with E-state index in [1.54, 1.807) is 11.8 Å². The Hall–Kier alpha value is -0.970. The number of anilines is 1. The van der Waals surface area contributed by atoms with Crippen molar-refractivity contribution in [2.45, 2.75) is 42.5 Å². The third-order valence-electron chi connectivity index (χ3n) is 2.84. The van der Waals surface area contributed by atoms with Gasteiger partial charge < -0.3 is 5.73 Å².